The van der Waals surface area contributed by atoms with E-state index in [1.165, 1.54) is 0 Å². The molecule has 1 aliphatic rings. The van der Waals surface area contributed by atoms with Crippen LogP contribution in [0.4, 0.5) is 0 Å². The molecule has 0 aromatic heterocycles. The molecule has 0 radical (unpaired) electrons. The van der Waals surface area contributed by atoms with Crippen LogP contribution in [-0.4, -0.2) is 32.6 Å². The summed E-state index contributed by atoms with van der Waals surface area (Å²) < 4.78 is 30.5. The summed E-state index contributed by atoms with van der Waals surface area (Å²) in [5.74, 6) is 1.41. The van der Waals surface area contributed by atoms with E-state index in [4.69, 9.17) is 4.74 Å². The second-order valence-corrected chi connectivity index (χ2v) is 9.19. The zero-order chi connectivity index (χ0) is 15.5. The first-order chi connectivity index (χ1) is 9.91. The summed E-state index contributed by atoms with van der Waals surface area (Å²) in [6.45, 7) is 3.23. The van der Waals surface area contributed by atoms with E-state index in [1.807, 2.05) is 19.1 Å². The topological polar surface area (TPSA) is 55.4 Å². The van der Waals surface area contributed by atoms with Gasteiger partial charge in [0.2, 0.25) is 0 Å². The maximum absolute atomic E-state index is 11.4. The average Bonchev–Trinajstić information content (AvgIpc) is 2.41. The molecule has 21 heavy (non-hydrogen) atoms. The molecule has 118 valence electrons. The van der Waals surface area contributed by atoms with Crippen molar-refractivity contribution >= 4 is 41.7 Å². The van der Waals surface area contributed by atoms with E-state index in [1.54, 1.807) is 0 Å². The van der Waals surface area contributed by atoms with Crippen molar-refractivity contribution in [3.63, 3.8) is 0 Å². The van der Waals surface area contributed by atoms with Gasteiger partial charge in [-0.25, -0.2) is 8.42 Å². The Morgan fingerprint density at radius 2 is 1.95 bits per heavy atom. The van der Waals surface area contributed by atoms with Crippen molar-refractivity contribution in [1.82, 2.24) is 5.32 Å². The standard InChI is InChI=1S/C14H19Br2NO3S/c1-2-20-14-10(7-11(15)8-13(14)16)9-17-12-3-5-21(18,19)6-4-12/h7-8,12,17H,2-6,9H2,1H3. The van der Waals surface area contributed by atoms with Gasteiger partial charge < -0.3 is 10.1 Å². The molecule has 4 nitrogen and oxygen atoms in total. The van der Waals surface area contributed by atoms with Crippen LogP contribution >= 0.6 is 31.9 Å². The van der Waals surface area contributed by atoms with Gasteiger partial charge in [0, 0.05) is 22.6 Å². The van der Waals surface area contributed by atoms with Crippen molar-refractivity contribution in [1.29, 1.82) is 0 Å². The number of halogens is 2. The lowest BCUT2D eigenvalue weighted by atomic mass is 10.1. The minimum Gasteiger partial charge on any atom is -0.492 e. The molecule has 1 fully saturated rings. The van der Waals surface area contributed by atoms with Gasteiger partial charge in [0.25, 0.3) is 0 Å². The van der Waals surface area contributed by atoms with Crippen molar-refractivity contribution in [2.24, 2.45) is 0 Å². The molecule has 1 heterocycles. The van der Waals surface area contributed by atoms with E-state index < -0.39 is 9.84 Å². The summed E-state index contributed by atoms with van der Waals surface area (Å²) in [4.78, 5) is 0. The molecule has 7 heteroatoms. The Bertz CT molecular complexity index is 590. The highest BCUT2D eigenvalue weighted by Gasteiger charge is 2.23. The predicted octanol–water partition coefficient (Wildman–Crippen LogP) is 3.28. The summed E-state index contributed by atoms with van der Waals surface area (Å²) in [5, 5.41) is 3.44. The lowest BCUT2D eigenvalue weighted by Crippen LogP contribution is -2.37. The van der Waals surface area contributed by atoms with Gasteiger partial charge in [0.15, 0.2) is 0 Å². The third-order valence-electron chi connectivity index (χ3n) is 3.51. The van der Waals surface area contributed by atoms with Crippen LogP contribution in [0, 0.1) is 0 Å². The number of nitrogens with one attached hydrogen (secondary N) is 1. The van der Waals surface area contributed by atoms with Gasteiger partial charge in [-0.1, -0.05) is 15.9 Å². The van der Waals surface area contributed by atoms with Gasteiger partial charge in [-0.3, -0.25) is 0 Å². The monoisotopic (exact) mass is 439 g/mol. The van der Waals surface area contributed by atoms with Gasteiger partial charge >= 0.3 is 0 Å². The van der Waals surface area contributed by atoms with Crippen molar-refractivity contribution < 1.29 is 13.2 Å². The van der Waals surface area contributed by atoms with Crippen molar-refractivity contribution in [3.8, 4) is 5.75 Å². The highest BCUT2D eigenvalue weighted by atomic mass is 79.9. The first kappa shape index (κ1) is 17.2. The van der Waals surface area contributed by atoms with E-state index in [0.717, 1.165) is 20.3 Å². The van der Waals surface area contributed by atoms with Gasteiger partial charge in [-0.05, 0) is 47.8 Å². The fourth-order valence-corrected chi connectivity index (χ4v) is 5.32. The summed E-state index contributed by atoms with van der Waals surface area (Å²) in [7, 11) is -2.81. The largest absolute Gasteiger partial charge is 0.492 e. The highest BCUT2D eigenvalue weighted by Crippen LogP contribution is 2.33. The number of rotatable bonds is 5. The van der Waals surface area contributed by atoms with Crippen LogP contribution in [0.15, 0.2) is 21.1 Å². The molecule has 1 saturated heterocycles. The van der Waals surface area contributed by atoms with Crippen LogP contribution in [0.25, 0.3) is 0 Å². The zero-order valence-corrected chi connectivity index (χ0v) is 15.9. The van der Waals surface area contributed by atoms with Gasteiger partial charge in [0.05, 0.1) is 22.6 Å². The maximum Gasteiger partial charge on any atom is 0.150 e. The minimum absolute atomic E-state index is 0.251. The normalized spacial score (nSPS) is 18.6. The molecule has 0 amide bonds. The molecule has 1 aromatic rings. The first-order valence-electron chi connectivity index (χ1n) is 6.96. The van der Waals surface area contributed by atoms with Gasteiger partial charge in [-0.2, -0.15) is 0 Å². The second kappa shape index (κ2) is 7.44. The third kappa shape index (κ3) is 4.94. The van der Waals surface area contributed by atoms with Crippen LogP contribution in [0.5, 0.6) is 5.75 Å². The molecule has 1 aromatic carbocycles. The Morgan fingerprint density at radius 1 is 1.29 bits per heavy atom. The van der Waals surface area contributed by atoms with E-state index in [2.05, 4.69) is 37.2 Å². The number of sulfone groups is 1. The lowest BCUT2D eigenvalue weighted by molar-refractivity contribution is 0.331. The van der Waals surface area contributed by atoms with E-state index >= 15 is 0 Å². The Hall–Kier alpha value is -0.110. The molecule has 0 aliphatic carbocycles. The minimum atomic E-state index is -2.81. The quantitative estimate of drug-likeness (QED) is 0.763. The lowest BCUT2D eigenvalue weighted by Gasteiger charge is -2.24. The van der Waals surface area contributed by atoms with Crippen molar-refractivity contribution in [2.45, 2.75) is 32.4 Å². The fourth-order valence-electron chi connectivity index (χ4n) is 2.40. The molecule has 0 spiro atoms. The molecular weight excluding hydrogens is 422 g/mol. The maximum atomic E-state index is 11.4. The molecular formula is C14H19Br2NO3S. The van der Waals surface area contributed by atoms with E-state index in [-0.39, 0.29) is 17.5 Å². The highest BCUT2D eigenvalue weighted by molar-refractivity contribution is 9.11. The van der Waals surface area contributed by atoms with Crippen molar-refractivity contribution in [2.75, 3.05) is 18.1 Å². The number of hydrogen-bond acceptors (Lipinski definition) is 4. The van der Waals surface area contributed by atoms with E-state index in [9.17, 15) is 8.42 Å². The molecule has 0 saturated carbocycles. The SMILES string of the molecule is CCOc1c(Br)cc(Br)cc1CNC1CCS(=O)(=O)CC1. The fraction of sp³-hybridized carbons (Fsp3) is 0.571. The first-order valence-corrected chi connectivity index (χ1v) is 10.4. The molecule has 2 rings (SSSR count). The zero-order valence-electron chi connectivity index (χ0n) is 11.9. The summed E-state index contributed by atoms with van der Waals surface area (Å²) >= 11 is 7.00. The summed E-state index contributed by atoms with van der Waals surface area (Å²) in [6, 6.07) is 4.24. The van der Waals surface area contributed by atoms with Crippen LogP contribution in [0.1, 0.15) is 25.3 Å². The van der Waals surface area contributed by atoms with Gasteiger partial charge in [-0.15, -0.1) is 0 Å². The second-order valence-electron chi connectivity index (χ2n) is 5.12. The summed E-state index contributed by atoms with van der Waals surface area (Å²) in [5.41, 5.74) is 1.06. The number of hydrogen-bond donors (Lipinski definition) is 1. The third-order valence-corrected chi connectivity index (χ3v) is 6.27. The molecule has 0 unspecified atom stereocenters. The Balaban J connectivity index is 2.03. The predicted molar refractivity (Wildman–Crippen MR) is 91.5 cm³/mol. The molecule has 0 atom stereocenters. The molecule has 1 aliphatic heterocycles. The molecule has 0 bridgehead atoms. The van der Waals surface area contributed by atoms with Crippen LogP contribution in [-0.2, 0) is 16.4 Å². The number of benzene rings is 1. The molecule has 1 N–H and O–H groups in total. The Morgan fingerprint density at radius 3 is 2.57 bits per heavy atom. The average molecular weight is 441 g/mol. The smallest absolute Gasteiger partial charge is 0.150 e. The number of ether oxygens (including phenoxy) is 1. The van der Waals surface area contributed by atoms with Crippen molar-refractivity contribution in [3.05, 3.63) is 26.6 Å². The van der Waals surface area contributed by atoms with Crippen LogP contribution in [0.2, 0.25) is 0 Å². The van der Waals surface area contributed by atoms with Crippen LogP contribution < -0.4 is 10.1 Å². The van der Waals surface area contributed by atoms with Crippen LogP contribution in [0.3, 0.4) is 0 Å². The van der Waals surface area contributed by atoms with Gasteiger partial charge in [0.1, 0.15) is 15.6 Å². The Labute approximate surface area is 142 Å². The summed E-state index contributed by atoms with van der Waals surface area (Å²) in [6.07, 6.45) is 1.36. The Kier molecular flexibility index (Phi) is 6.11. The van der Waals surface area contributed by atoms with E-state index in [0.29, 0.717) is 26.0 Å².